The number of benzene rings is 1. The monoisotopic (exact) mass is 275 g/mol. The van der Waals surface area contributed by atoms with Crippen molar-refractivity contribution in [3.63, 3.8) is 0 Å². The van der Waals surface area contributed by atoms with Gasteiger partial charge in [0.1, 0.15) is 6.04 Å². The molecule has 1 unspecified atom stereocenters. The van der Waals surface area contributed by atoms with E-state index < -0.39 is 18.0 Å². The lowest BCUT2D eigenvalue weighted by Gasteiger charge is -2.14. The van der Waals surface area contributed by atoms with E-state index in [1.54, 1.807) is 24.3 Å². The van der Waals surface area contributed by atoms with Crippen LogP contribution >= 0.6 is 0 Å². The SMILES string of the molecule is CCCC(NC(=O)NCc1ccc(C#N)cc1)C(=O)O. The Morgan fingerprint density at radius 2 is 2.00 bits per heavy atom. The second-order valence-corrected chi connectivity index (χ2v) is 4.32. The van der Waals surface area contributed by atoms with Gasteiger partial charge in [-0.05, 0) is 24.1 Å². The second-order valence-electron chi connectivity index (χ2n) is 4.32. The van der Waals surface area contributed by atoms with Crippen LogP contribution < -0.4 is 10.6 Å². The number of rotatable bonds is 6. The number of hydrogen-bond donors (Lipinski definition) is 3. The molecule has 0 radical (unpaired) electrons. The Labute approximate surface area is 117 Å². The Balaban J connectivity index is 2.46. The lowest BCUT2D eigenvalue weighted by Crippen LogP contribution is -2.45. The summed E-state index contributed by atoms with van der Waals surface area (Å²) in [4.78, 5) is 22.5. The molecule has 0 aromatic heterocycles. The molecule has 106 valence electrons. The van der Waals surface area contributed by atoms with E-state index in [1.807, 2.05) is 13.0 Å². The van der Waals surface area contributed by atoms with Gasteiger partial charge in [0.25, 0.3) is 0 Å². The molecule has 3 N–H and O–H groups in total. The summed E-state index contributed by atoms with van der Waals surface area (Å²) in [6, 6.07) is 7.40. The number of carbonyl (C=O) groups is 2. The van der Waals surface area contributed by atoms with Crippen LogP contribution in [0.25, 0.3) is 0 Å². The predicted molar refractivity (Wildman–Crippen MR) is 72.9 cm³/mol. The summed E-state index contributed by atoms with van der Waals surface area (Å²) in [7, 11) is 0. The predicted octanol–water partition coefficient (Wildman–Crippen LogP) is 1.61. The second kappa shape index (κ2) is 7.79. The van der Waals surface area contributed by atoms with E-state index in [1.165, 1.54) is 0 Å². The van der Waals surface area contributed by atoms with Gasteiger partial charge in [-0.2, -0.15) is 5.26 Å². The summed E-state index contributed by atoms with van der Waals surface area (Å²) in [6.07, 6.45) is 1.06. The zero-order valence-electron chi connectivity index (χ0n) is 11.2. The number of hydrogen-bond acceptors (Lipinski definition) is 3. The van der Waals surface area contributed by atoms with Crippen molar-refractivity contribution < 1.29 is 14.7 Å². The number of carboxylic acid groups (broad SMARTS) is 1. The Kier molecular flexibility index (Phi) is 6.04. The first-order valence-corrected chi connectivity index (χ1v) is 6.33. The first-order valence-electron chi connectivity index (χ1n) is 6.33. The number of urea groups is 1. The Morgan fingerprint density at radius 1 is 1.35 bits per heavy atom. The van der Waals surface area contributed by atoms with Crippen molar-refractivity contribution in [2.45, 2.75) is 32.4 Å². The van der Waals surface area contributed by atoms with Crippen molar-refractivity contribution in [3.05, 3.63) is 35.4 Å². The van der Waals surface area contributed by atoms with E-state index >= 15 is 0 Å². The molecule has 0 spiro atoms. The summed E-state index contributed by atoms with van der Waals surface area (Å²) in [5.41, 5.74) is 1.38. The van der Waals surface area contributed by atoms with Crippen LogP contribution in [0, 0.1) is 11.3 Å². The molecule has 0 aliphatic carbocycles. The molecule has 0 saturated carbocycles. The van der Waals surface area contributed by atoms with Crippen molar-refractivity contribution in [1.82, 2.24) is 10.6 Å². The van der Waals surface area contributed by atoms with Gasteiger partial charge in [-0.1, -0.05) is 25.5 Å². The van der Waals surface area contributed by atoms with Crippen LogP contribution in [0.1, 0.15) is 30.9 Å². The van der Waals surface area contributed by atoms with Crippen molar-refractivity contribution in [2.75, 3.05) is 0 Å². The maximum atomic E-state index is 11.6. The maximum absolute atomic E-state index is 11.6. The summed E-state index contributed by atoms with van der Waals surface area (Å²) < 4.78 is 0. The van der Waals surface area contributed by atoms with Gasteiger partial charge in [0.05, 0.1) is 11.6 Å². The maximum Gasteiger partial charge on any atom is 0.326 e. The number of nitrogens with one attached hydrogen (secondary N) is 2. The van der Waals surface area contributed by atoms with Gasteiger partial charge in [-0.15, -0.1) is 0 Å². The Morgan fingerprint density at radius 3 is 2.50 bits per heavy atom. The van der Waals surface area contributed by atoms with Crippen LogP contribution in [0.4, 0.5) is 4.79 Å². The molecule has 0 saturated heterocycles. The molecular weight excluding hydrogens is 258 g/mol. The highest BCUT2D eigenvalue weighted by molar-refractivity contribution is 5.82. The van der Waals surface area contributed by atoms with Gasteiger partial charge in [0.15, 0.2) is 0 Å². The topological polar surface area (TPSA) is 102 Å². The van der Waals surface area contributed by atoms with E-state index in [9.17, 15) is 9.59 Å². The number of amides is 2. The molecule has 0 heterocycles. The first-order chi connectivity index (χ1) is 9.56. The van der Waals surface area contributed by atoms with E-state index in [0.717, 1.165) is 5.56 Å². The molecule has 0 bridgehead atoms. The molecule has 0 aliphatic heterocycles. The summed E-state index contributed by atoms with van der Waals surface area (Å²) in [5.74, 6) is -1.04. The van der Waals surface area contributed by atoms with Gasteiger partial charge < -0.3 is 15.7 Å². The molecule has 1 aromatic carbocycles. The largest absolute Gasteiger partial charge is 0.480 e. The van der Waals surface area contributed by atoms with Crippen molar-refractivity contribution in [1.29, 1.82) is 5.26 Å². The molecule has 0 aliphatic rings. The van der Waals surface area contributed by atoms with E-state index in [2.05, 4.69) is 10.6 Å². The fourth-order valence-corrected chi connectivity index (χ4v) is 1.63. The third-order valence-corrected chi connectivity index (χ3v) is 2.72. The normalized spacial score (nSPS) is 11.2. The number of aliphatic carboxylic acids is 1. The van der Waals surface area contributed by atoms with E-state index in [4.69, 9.17) is 10.4 Å². The Hall–Kier alpha value is -2.55. The van der Waals surface area contributed by atoms with Gasteiger partial charge >= 0.3 is 12.0 Å². The zero-order chi connectivity index (χ0) is 15.0. The minimum absolute atomic E-state index is 0.274. The fourth-order valence-electron chi connectivity index (χ4n) is 1.63. The lowest BCUT2D eigenvalue weighted by atomic mass is 10.1. The van der Waals surface area contributed by atoms with Crippen LogP contribution in [-0.2, 0) is 11.3 Å². The molecule has 1 aromatic rings. The summed E-state index contributed by atoms with van der Waals surface area (Å²) >= 11 is 0. The molecule has 6 nitrogen and oxygen atoms in total. The van der Waals surface area contributed by atoms with Crippen LogP contribution in [0.5, 0.6) is 0 Å². The standard InChI is InChI=1S/C14H17N3O3/c1-2-3-12(13(18)19)17-14(20)16-9-11-6-4-10(8-15)5-7-11/h4-7,12H,2-3,9H2,1H3,(H,18,19)(H2,16,17,20). The first kappa shape index (κ1) is 15.5. The van der Waals surface area contributed by atoms with Gasteiger partial charge in [-0.25, -0.2) is 9.59 Å². The molecule has 1 rings (SSSR count). The van der Waals surface area contributed by atoms with E-state index in [0.29, 0.717) is 18.4 Å². The minimum atomic E-state index is -1.04. The molecular formula is C14H17N3O3. The van der Waals surface area contributed by atoms with Crippen molar-refractivity contribution in [2.24, 2.45) is 0 Å². The summed E-state index contributed by atoms with van der Waals surface area (Å²) in [6.45, 7) is 2.13. The zero-order valence-corrected chi connectivity index (χ0v) is 11.2. The molecule has 2 amide bonds. The van der Waals surface area contributed by atoms with Gasteiger partial charge in [-0.3, -0.25) is 0 Å². The molecule has 6 heteroatoms. The quantitative estimate of drug-likeness (QED) is 0.734. The van der Waals surface area contributed by atoms with Crippen LogP contribution in [0.15, 0.2) is 24.3 Å². The highest BCUT2D eigenvalue weighted by Crippen LogP contribution is 2.03. The highest BCUT2D eigenvalue weighted by Gasteiger charge is 2.18. The molecule has 20 heavy (non-hydrogen) atoms. The fraction of sp³-hybridized carbons (Fsp3) is 0.357. The lowest BCUT2D eigenvalue weighted by molar-refractivity contribution is -0.139. The number of carboxylic acids is 1. The van der Waals surface area contributed by atoms with Crippen LogP contribution in [0.2, 0.25) is 0 Å². The van der Waals surface area contributed by atoms with Gasteiger partial charge in [0.2, 0.25) is 0 Å². The van der Waals surface area contributed by atoms with Crippen LogP contribution in [-0.4, -0.2) is 23.1 Å². The van der Waals surface area contributed by atoms with Gasteiger partial charge in [0, 0.05) is 6.54 Å². The minimum Gasteiger partial charge on any atom is -0.480 e. The number of nitrogens with zero attached hydrogens (tertiary/aromatic N) is 1. The van der Waals surface area contributed by atoms with Crippen molar-refractivity contribution in [3.8, 4) is 6.07 Å². The van der Waals surface area contributed by atoms with E-state index in [-0.39, 0.29) is 6.54 Å². The third kappa shape index (κ3) is 4.98. The summed E-state index contributed by atoms with van der Waals surface area (Å²) in [5, 5.41) is 22.6. The molecule has 0 fully saturated rings. The average molecular weight is 275 g/mol. The smallest absolute Gasteiger partial charge is 0.326 e. The average Bonchev–Trinajstić information content (AvgIpc) is 2.45. The molecule has 1 atom stereocenters. The number of nitriles is 1. The number of carbonyl (C=O) groups excluding carboxylic acids is 1. The third-order valence-electron chi connectivity index (χ3n) is 2.72. The van der Waals surface area contributed by atoms with Crippen molar-refractivity contribution >= 4 is 12.0 Å². The Bertz CT molecular complexity index is 505. The van der Waals surface area contributed by atoms with Crippen LogP contribution in [0.3, 0.4) is 0 Å². The highest BCUT2D eigenvalue weighted by atomic mass is 16.4.